The summed E-state index contributed by atoms with van der Waals surface area (Å²) in [6.45, 7) is 0.516. The van der Waals surface area contributed by atoms with Gasteiger partial charge in [-0.2, -0.15) is 0 Å². The predicted molar refractivity (Wildman–Crippen MR) is 71.8 cm³/mol. The number of aliphatic hydroxyl groups is 2. The van der Waals surface area contributed by atoms with Crippen LogP contribution in [0.4, 0.5) is 0 Å². The molecule has 0 saturated carbocycles. The molecular weight excluding hydrogens is 268 g/mol. The monoisotopic (exact) mass is 284 g/mol. The fourth-order valence-corrected chi connectivity index (χ4v) is 2.35. The summed E-state index contributed by atoms with van der Waals surface area (Å²) in [7, 11) is 0. The molecule has 104 valence electrons. The van der Waals surface area contributed by atoms with Gasteiger partial charge in [0.05, 0.1) is 18.2 Å². The fraction of sp³-hybridized carbons (Fsp3) is 0.462. The van der Waals surface area contributed by atoms with Crippen LogP contribution in [0.15, 0.2) is 24.3 Å². The van der Waals surface area contributed by atoms with Crippen molar-refractivity contribution in [3.63, 3.8) is 0 Å². The molecule has 2 rings (SSSR count). The largest absolute Gasteiger partial charge is 0.392 e. The van der Waals surface area contributed by atoms with Gasteiger partial charge in [-0.1, -0.05) is 29.8 Å². The summed E-state index contributed by atoms with van der Waals surface area (Å²) >= 11 is 5.96. The van der Waals surface area contributed by atoms with E-state index >= 15 is 0 Å². The SMILES string of the molecule is O=C(NCC(O)c1ccccc1Cl)C1CC(O)CN1. The van der Waals surface area contributed by atoms with Crippen molar-refractivity contribution in [3.05, 3.63) is 34.9 Å². The number of amides is 1. The normalized spacial score (nSPS) is 24.2. The van der Waals surface area contributed by atoms with E-state index in [0.717, 1.165) is 0 Å². The molecule has 1 aromatic carbocycles. The minimum atomic E-state index is -0.844. The van der Waals surface area contributed by atoms with Crippen molar-refractivity contribution in [1.29, 1.82) is 0 Å². The minimum absolute atomic E-state index is 0.0941. The molecule has 1 aliphatic heterocycles. The maximum absolute atomic E-state index is 11.8. The van der Waals surface area contributed by atoms with Crippen LogP contribution in [0, 0.1) is 0 Å². The summed E-state index contributed by atoms with van der Waals surface area (Å²) in [5.74, 6) is -0.220. The van der Waals surface area contributed by atoms with E-state index < -0.39 is 18.2 Å². The molecule has 19 heavy (non-hydrogen) atoms. The highest BCUT2D eigenvalue weighted by molar-refractivity contribution is 6.31. The number of aliphatic hydroxyl groups excluding tert-OH is 2. The summed E-state index contributed by atoms with van der Waals surface area (Å²) in [4.78, 5) is 11.8. The second-order valence-corrected chi connectivity index (χ2v) is 5.04. The third-order valence-electron chi connectivity index (χ3n) is 3.16. The molecule has 0 spiro atoms. The Hall–Kier alpha value is -1.14. The summed E-state index contributed by atoms with van der Waals surface area (Å²) in [5, 5.41) is 25.3. The standard InChI is InChI=1S/C13H17ClN2O3/c14-10-4-2-1-3-9(10)12(18)7-16-13(19)11-5-8(17)6-15-11/h1-4,8,11-12,15,17-18H,5-7H2,(H,16,19). The molecule has 4 N–H and O–H groups in total. The molecule has 1 amide bonds. The zero-order valence-electron chi connectivity index (χ0n) is 10.3. The van der Waals surface area contributed by atoms with Gasteiger partial charge in [-0.15, -0.1) is 0 Å². The molecule has 1 heterocycles. The number of hydrogen-bond donors (Lipinski definition) is 4. The first-order valence-corrected chi connectivity index (χ1v) is 6.57. The Morgan fingerprint density at radius 3 is 2.89 bits per heavy atom. The van der Waals surface area contributed by atoms with E-state index in [0.29, 0.717) is 23.6 Å². The molecule has 6 heteroatoms. The molecule has 1 aliphatic rings. The van der Waals surface area contributed by atoms with Crippen LogP contribution in [-0.2, 0) is 4.79 Å². The zero-order chi connectivity index (χ0) is 13.8. The molecule has 1 aromatic rings. The highest BCUT2D eigenvalue weighted by Gasteiger charge is 2.28. The number of β-amino-alcohol motifs (C(OH)–C–C–N with tert-alkyl or cyclic N) is 1. The second-order valence-electron chi connectivity index (χ2n) is 4.63. The van der Waals surface area contributed by atoms with Crippen LogP contribution < -0.4 is 10.6 Å². The van der Waals surface area contributed by atoms with Crippen molar-refractivity contribution in [2.24, 2.45) is 0 Å². The first kappa shape index (κ1) is 14.3. The van der Waals surface area contributed by atoms with E-state index in [2.05, 4.69) is 10.6 Å². The van der Waals surface area contributed by atoms with Crippen LogP contribution in [0.3, 0.4) is 0 Å². The molecule has 1 fully saturated rings. The van der Waals surface area contributed by atoms with E-state index in [1.165, 1.54) is 0 Å². The van der Waals surface area contributed by atoms with Crippen LogP contribution in [0.5, 0.6) is 0 Å². The van der Waals surface area contributed by atoms with Crippen molar-refractivity contribution in [2.75, 3.05) is 13.1 Å². The lowest BCUT2D eigenvalue weighted by Gasteiger charge is -2.16. The van der Waals surface area contributed by atoms with E-state index in [9.17, 15) is 15.0 Å². The third kappa shape index (κ3) is 3.67. The van der Waals surface area contributed by atoms with Gasteiger partial charge in [-0.25, -0.2) is 0 Å². The number of carbonyl (C=O) groups is 1. The molecule has 1 saturated heterocycles. The lowest BCUT2D eigenvalue weighted by atomic mass is 10.1. The number of halogens is 1. The Bertz CT molecular complexity index is 455. The van der Waals surface area contributed by atoms with Gasteiger partial charge in [0.25, 0.3) is 0 Å². The van der Waals surface area contributed by atoms with Crippen LogP contribution in [0.2, 0.25) is 5.02 Å². The Morgan fingerprint density at radius 2 is 2.26 bits per heavy atom. The Labute approximate surface area is 116 Å². The zero-order valence-corrected chi connectivity index (χ0v) is 11.1. The van der Waals surface area contributed by atoms with Gasteiger partial charge in [0.15, 0.2) is 0 Å². The third-order valence-corrected chi connectivity index (χ3v) is 3.50. The Morgan fingerprint density at radius 1 is 1.53 bits per heavy atom. The summed E-state index contributed by atoms with van der Waals surface area (Å²) < 4.78 is 0. The summed E-state index contributed by atoms with van der Waals surface area (Å²) in [6.07, 6.45) is -0.929. The number of rotatable bonds is 4. The molecule has 0 radical (unpaired) electrons. The van der Waals surface area contributed by atoms with Gasteiger partial charge in [-0.3, -0.25) is 4.79 Å². The number of hydrogen-bond acceptors (Lipinski definition) is 4. The smallest absolute Gasteiger partial charge is 0.237 e. The quantitative estimate of drug-likeness (QED) is 0.637. The Balaban J connectivity index is 1.85. The van der Waals surface area contributed by atoms with Crippen molar-refractivity contribution in [3.8, 4) is 0 Å². The highest BCUT2D eigenvalue weighted by atomic mass is 35.5. The van der Waals surface area contributed by atoms with Gasteiger partial charge >= 0.3 is 0 Å². The highest BCUT2D eigenvalue weighted by Crippen LogP contribution is 2.21. The van der Waals surface area contributed by atoms with Crippen LogP contribution >= 0.6 is 11.6 Å². The van der Waals surface area contributed by atoms with E-state index in [-0.39, 0.29) is 12.5 Å². The summed E-state index contributed by atoms with van der Waals surface area (Å²) in [5.41, 5.74) is 0.587. The summed E-state index contributed by atoms with van der Waals surface area (Å²) in [6, 6.07) is 6.57. The van der Waals surface area contributed by atoms with Gasteiger partial charge < -0.3 is 20.8 Å². The van der Waals surface area contributed by atoms with Crippen molar-refractivity contribution in [1.82, 2.24) is 10.6 Å². The average molecular weight is 285 g/mol. The van der Waals surface area contributed by atoms with Gasteiger partial charge in [0.2, 0.25) is 5.91 Å². The molecule has 3 unspecified atom stereocenters. The maximum atomic E-state index is 11.8. The number of carbonyl (C=O) groups excluding carboxylic acids is 1. The molecule has 0 bridgehead atoms. The van der Waals surface area contributed by atoms with Crippen LogP contribution in [0.25, 0.3) is 0 Å². The second kappa shape index (κ2) is 6.34. The predicted octanol–water partition coefficient (Wildman–Crippen LogP) is 0.212. The molecular formula is C13H17ClN2O3. The minimum Gasteiger partial charge on any atom is -0.392 e. The van der Waals surface area contributed by atoms with E-state index in [1.807, 2.05) is 0 Å². The van der Waals surface area contributed by atoms with Gasteiger partial charge in [0.1, 0.15) is 0 Å². The lowest BCUT2D eigenvalue weighted by molar-refractivity contribution is -0.123. The van der Waals surface area contributed by atoms with Crippen LogP contribution in [0.1, 0.15) is 18.1 Å². The molecule has 0 aromatic heterocycles. The van der Waals surface area contributed by atoms with Crippen LogP contribution in [-0.4, -0.2) is 41.4 Å². The van der Waals surface area contributed by atoms with Crippen molar-refractivity contribution < 1.29 is 15.0 Å². The molecule has 5 nitrogen and oxygen atoms in total. The average Bonchev–Trinajstić information content (AvgIpc) is 2.83. The van der Waals surface area contributed by atoms with E-state index in [4.69, 9.17) is 11.6 Å². The molecule has 3 atom stereocenters. The molecule has 0 aliphatic carbocycles. The lowest BCUT2D eigenvalue weighted by Crippen LogP contribution is -2.41. The number of nitrogens with one attached hydrogen (secondary N) is 2. The fourth-order valence-electron chi connectivity index (χ4n) is 2.09. The number of benzene rings is 1. The Kier molecular flexibility index (Phi) is 4.76. The maximum Gasteiger partial charge on any atom is 0.237 e. The first-order chi connectivity index (χ1) is 9.08. The first-order valence-electron chi connectivity index (χ1n) is 6.19. The van der Waals surface area contributed by atoms with E-state index in [1.54, 1.807) is 24.3 Å². The topological polar surface area (TPSA) is 81.6 Å². The van der Waals surface area contributed by atoms with Gasteiger partial charge in [0, 0.05) is 23.7 Å². The van der Waals surface area contributed by atoms with Crippen molar-refractivity contribution in [2.45, 2.75) is 24.7 Å². The van der Waals surface area contributed by atoms with Gasteiger partial charge in [-0.05, 0) is 12.5 Å². The van der Waals surface area contributed by atoms with Crippen molar-refractivity contribution >= 4 is 17.5 Å².